The average Bonchev–Trinajstić information content (AvgIpc) is 2.42. The third kappa shape index (κ3) is 4.68. The lowest BCUT2D eigenvalue weighted by molar-refractivity contribution is -0.384. The second-order valence-electron chi connectivity index (χ2n) is 4.15. The number of nitrogens with one attached hydrogen (secondary N) is 2. The lowest BCUT2D eigenvalue weighted by Crippen LogP contribution is -2.37. The fourth-order valence-electron chi connectivity index (χ4n) is 1.46. The molecule has 0 aromatic heterocycles. The summed E-state index contributed by atoms with van der Waals surface area (Å²) in [5.41, 5.74) is 4.94. The Bertz CT molecular complexity index is 644. The Labute approximate surface area is 121 Å². The van der Waals surface area contributed by atoms with Crippen LogP contribution in [0, 0.1) is 10.1 Å². The van der Waals surface area contributed by atoms with E-state index in [1.165, 1.54) is 0 Å². The number of nitrogens with zero attached hydrogens (tertiary/aromatic N) is 1. The van der Waals surface area contributed by atoms with Crippen molar-refractivity contribution in [1.82, 2.24) is 10.0 Å². The van der Waals surface area contributed by atoms with E-state index in [0.717, 1.165) is 24.6 Å². The van der Waals surface area contributed by atoms with E-state index in [4.69, 9.17) is 5.73 Å². The molecule has 116 valence electrons. The molecule has 1 amide bonds. The standard InChI is InChI=1S/C11H16N4O5S/c1-2-5-13-11(16)7-14-21(19,20)10-4-3-8(15(17)18)6-9(10)12/h3-4,6,14H,2,5,7,12H2,1H3,(H,13,16). The number of anilines is 1. The molecule has 1 rings (SSSR count). The van der Waals surface area contributed by atoms with Crippen molar-refractivity contribution in [2.45, 2.75) is 18.2 Å². The van der Waals surface area contributed by atoms with Crippen LogP contribution in [0.1, 0.15) is 13.3 Å². The predicted octanol–water partition coefficient (Wildman–Crippen LogP) is -0.0185. The molecule has 21 heavy (non-hydrogen) atoms. The fraction of sp³-hybridized carbons (Fsp3) is 0.364. The number of nitro benzene ring substituents is 1. The van der Waals surface area contributed by atoms with Gasteiger partial charge in [-0.3, -0.25) is 14.9 Å². The molecule has 1 aromatic rings. The van der Waals surface area contributed by atoms with E-state index in [2.05, 4.69) is 10.0 Å². The second kappa shape index (κ2) is 6.99. The fourth-order valence-corrected chi connectivity index (χ4v) is 2.55. The van der Waals surface area contributed by atoms with Gasteiger partial charge in [0.2, 0.25) is 15.9 Å². The molecule has 0 spiro atoms. The zero-order valence-electron chi connectivity index (χ0n) is 11.3. The van der Waals surface area contributed by atoms with Crippen LogP contribution in [0.3, 0.4) is 0 Å². The topological polar surface area (TPSA) is 144 Å². The normalized spacial score (nSPS) is 11.1. The molecule has 0 fully saturated rings. The number of nitro groups is 1. The minimum atomic E-state index is -4.01. The van der Waals surface area contributed by atoms with E-state index >= 15 is 0 Å². The molecule has 0 saturated heterocycles. The molecule has 1 aromatic carbocycles. The van der Waals surface area contributed by atoms with E-state index < -0.39 is 27.4 Å². The van der Waals surface area contributed by atoms with Crippen molar-refractivity contribution >= 4 is 27.3 Å². The third-order valence-electron chi connectivity index (χ3n) is 2.49. The zero-order chi connectivity index (χ0) is 16.0. The second-order valence-corrected chi connectivity index (χ2v) is 5.89. The molecule has 0 heterocycles. The van der Waals surface area contributed by atoms with Crippen molar-refractivity contribution in [2.75, 3.05) is 18.8 Å². The van der Waals surface area contributed by atoms with Crippen LogP contribution in [0.5, 0.6) is 0 Å². The van der Waals surface area contributed by atoms with Gasteiger partial charge in [-0.05, 0) is 12.5 Å². The third-order valence-corrected chi connectivity index (χ3v) is 3.96. The van der Waals surface area contributed by atoms with Gasteiger partial charge in [0.05, 0.1) is 17.2 Å². The van der Waals surface area contributed by atoms with Crippen LogP contribution in [-0.2, 0) is 14.8 Å². The van der Waals surface area contributed by atoms with E-state index in [1.807, 2.05) is 6.92 Å². The Morgan fingerprint density at radius 2 is 2.10 bits per heavy atom. The Morgan fingerprint density at radius 3 is 2.62 bits per heavy atom. The number of nitrogens with two attached hydrogens (primary N) is 1. The van der Waals surface area contributed by atoms with Crippen molar-refractivity contribution in [1.29, 1.82) is 0 Å². The number of benzene rings is 1. The van der Waals surface area contributed by atoms with Crippen LogP contribution >= 0.6 is 0 Å². The highest BCUT2D eigenvalue weighted by molar-refractivity contribution is 7.89. The van der Waals surface area contributed by atoms with Gasteiger partial charge in [0.15, 0.2) is 0 Å². The van der Waals surface area contributed by atoms with Crippen molar-refractivity contribution < 1.29 is 18.1 Å². The largest absolute Gasteiger partial charge is 0.397 e. The number of non-ortho nitro benzene ring substituents is 1. The Balaban J connectivity index is 2.84. The first kappa shape index (κ1) is 16.9. The summed E-state index contributed by atoms with van der Waals surface area (Å²) in [4.78, 5) is 20.9. The number of carbonyl (C=O) groups excluding carboxylic acids is 1. The summed E-state index contributed by atoms with van der Waals surface area (Å²) in [5, 5.41) is 13.1. The van der Waals surface area contributed by atoms with Crippen LogP contribution in [0.25, 0.3) is 0 Å². The van der Waals surface area contributed by atoms with Gasteiger partial charge >= 0.3 is 0 Å². The Morgan fingerprint density at radius 1 is 1.43 bits per heavy atom. The molecule has 9 nitrogen and oxygen atoms in total. The molecule has 10 heteroatoms. The van der Waals surface area contributed by atoms with Crippen molar-refractivity contribution in [2.24, 2.45) is 0 Å². The van der Waals surface area contributed by atoms with Crippen LogP contribution in [0.2, 0.25) is 0 Å². The molecule has 0 bridgehead atoms. The van der Waals surface area contributed by atoms with Gasteiger partial charge in [-0.2, -0.15) is 0 Å². The monoisotopic (exact) mass is 316 g/mol. The molecule has 0 aliphatic carbocycles. The van der Waals surface area contributed by atoms with Crippen LogP contribution < -0.4 is 15.8 Å². The number of hydrogen-bond donors (Lipinski definition) is 3. The Hall–Kier alpha value is -2.20. The maximum atomic E-state index is 12.0. The summed E-state index contributed by atoms with van der Waals surface area (Å²) >= 11 is 0. The van der Waals surface area contributed by atoms with Crippen LogP contribution in [0.15, 0.2) is 23.1 Å². The number of hydrogen-bond acceptors (Lipinski definition) is 6. The highest BCUT2D eigenvalue weighted by Gasteiger charge is 2.20. The number of rotatable bonds is 7. The first-order valence-corrected chi connectivity index (χ1v) is 7.56. The quantitative estimate of drug-likeness (QED) is 0.366. The minimum Gasteiger partial charge on any atom is -0.397 e. The molecule has 0 saturated carbocycles. The van der Waals surface area contributed by atoms with Gasteiger partial charge in [0, 0.05) is 18.7 Å². The van der Waals surface area contributed by atoms with Crippen molar-refractivity contribution in [3.05, 3.63) is 28.3 Å². The van der Waals surface area contributed by atoms with Crippen LogP contribution in [0.4, 0.5) is 11.4 Å². The molecule has 0 aliphatic rings. The predicted molar refractivity (Wildman–Crippen MR) is 76.0 cm³/mol. The van der Waals surface area contributed by atoms with Gasteiger partial charge in [0.25, 0.3) is 5.69 Å². The summed E-state index contributed by atoms with van der Waals surface area (Å²) in [6.45, 7) is 1.88. The first-order valence-electron chi connectivity index (χ1n) is 6.08. The molecule has 4 N–H and O–H groups in total. The smallest absolute Gasteiger partial charge is 0.271 e. The van der Waals surface area contributed by atoms with Crippen molar-refractivity contribution in [3.8, 4) is 0 Å². The molecular weight excluding hydrogens is 300 g/mol. The molecule has 0 unspecified atom stereocenters. The average molecular weight is 316 g/mol. The summed E-state index contributed by atoms with van der Waals surface area (Å²) in [7, 11) is -4.01. The maximum absolute atomic E-state index is 12.0. The maximum Gasteiger partial charge on any atom is 0.271 e. The molecule has 0 atom stereocenters. The summed E-state index contributed by atoms with van der Waals surface area (Å²) in [5.74, 6) is -0.471. The highest BCUT2D eigenvalue weighted by Crippen LogP contribution is 2.23. The number of nitrogen functional groups attached to an aromatic ring is 1. The summed E-state index contributed by atoms with van der Waals surface area (Å²) < 4.78 is 26.0. The van der Waals surface area contributed by atoms with E-state index in [-0.39, 0.29) is 16.3 Å². The van der Waals surface area contributed by atoms with Gasteiger partial charge in [-0.15, -0.1) is 0 Å². The summed E-state index contributed by atoms with van der Waals surface area (Å²) in [6, 6.07) is 3.01. The van der Waals surface area contributed by atoms with Crippen LogP contribution in [-0.4, -0.2) is 32.3 Å². The molecular formula is C11H16N4O5S. The van der Waals surface area contributed by atoms with Gasteiger partial charge in [0.1, 0.15) is 4.90 Å². The lowest BCUT2D eigenvalue weighted by Gasteiger charge is -2.09. The van der Waals surface area contributed by atoms with Gasteiger partial charge in [-0.1, -0.05) is 6.92 Å². The van der Waals surface area contributed by atoms with E-state index in [0.29, 0.717) is 6.54 Å². The van der Waals surface area contributed by atoms with E-state index in [9.17, 15) is 23.3 Å². The summed E-state index contributed by atoms with van der Waals surface area (Å²) in [6.07, 6.45) is 0.730. The van der Waals surface area contributed by atoms with E-state index in [1.54, 1.807) is 0 Å². The zero-order valence-corrected chi connectivity index (χ0v) is 12.1. The first-order chi connectivity index (χ1) is 9.77. The van der Waals surface area contributed by atoms with Gasteiger partial charge in [-0.25, -0.2) is 13.1 Å². The highest BCUT2D eigenvalue weighted by atomic mass is 32.2. The Kier molecular flexibility index (Phi) is 5.61. The molecule has 0 aliphatic heterocycles. The SMILES string of the molecule is CCCNC(=O)CNS(=O)(=O)c1ccc([N+](=O)[O-])cc1N. The number of amides is 1. The van der Waals surface area contributed by atoms with Gasteiger partial charge < -0.3 is 11.1 Å². The lowest BCUT2D eigenvalue weighted by atomic mass is 10.3. The number of sulfonamides is 1. The van der Waals surface area contributed by atoms with Crippen molar-refractivity contribution in [3.63, 3.8) is 0 Å². The molecule has 0 radical (unpaired) electrons. The minimum absolute atomic E-state index is 0.259. The number of carbonyl (C=O) groups is 1.